The zero-order chi connectivity index (χ0) is 40.0. The lowest BCUT2D eigenvalue weighted by atomic mass is 9.97. The molecule has 0 aromatic carbocycles. The van der Waals surface area contributed by atoms with E-state index < -0.39 is 79.2 Å². The minimum Gasteiger partial charge on any atom is -0.481 e. The molecule has 53 heavy (non-hydrogen) atoms. The van der Waals surface area contributed by atoms with Gasteiger partial charge in [-0.2, -0.15) is 0 Å². The first kappa shape index (κ1) is 49.6. The molecule has 0 aliphatic rings. The van der Waals surface area contributed by atoms with Gasteiger partial charge in [0.25, 0.3) is 0 Å². The van der Waals surface area contributed by atoms with Gasteiger partial charge in [-0.05, 0) is 25.7 Å². The molecule has 0 radical (unpaired) electrons. The molecular weight excluding hydrogens is 813 g/mol. The number of ether oxygens (including phenoxy) is 2. The Hall–Kier alpha value is -3.39. The first-order chi connectivity index (χ1) is 25.2. The van der Waals surface area contributed by atoms with Crippen molar-refractivity contribution in [3.8, 4) is 0 Å². The molecule has 0 saturated carbocycles. The van der Waals surface area contributed by atoms with Gasteiger partial charge >= 0.3 is 11.9 Å². The van der Waals surface area contributed by atoms with Crippen LogP contribution in [-0.2, 0) is 52.6 Å². The van der Waals surface area contributed by atoms with Gasteiger partial charge in [0, 0.05) is 64.8 Å². The molecule has 0 saturated heterocycles. The van der Waals surface area contributed by atoms with E-state index in [0.29, 0.717) is 31.0 Å². The Kier molecular flexibility index (Phi) is 29.0. The molecule has 0 rings (SSSR count). The Morgan fingerprint density at radius 3 is 1.81 bits per heavy atom. The summed E-state index contributed by atoms with van der Waals surface area (Å²) in [6.07, 6.45) is 0.0397. The van der Waals surface area contributed by atoms with E-state index in [0.717, 1.165) is 0 Å². The minimum atomic E-state index is -1.34. The molecule has 5 amide bonds. The van der Waals surface area contributed by atoms with E-state index in [1.165, 1.54) is 4.90 Å². The molecule has 0 aliphatic carbocycles. The van der Waals surface area contributed by atoms with Gasteiger partial charge in [0.15, 0.2) is 5.78 Å². The molecule has 0 aromatic rings. The van der Waals surface area contributed by atoms with Crippen molar-refractivity contribution in [2.24, 2.45) is 5.92 Å². The Labute approximate surface area is 326 Å². The summed E-state index contributed by atoms with van der Waals surface area (Å²) < 4.78 is 10.6. The minimum absolute atomic E-state index is 0.0301. The van der Waals surface area contributed by atoms with Crippen LogP contribution in [0, 0.1) is 5.92 Å². The third-order valence-electron chi connectivity index (χ3n) is 7.25. The summed E-state index contributed by atoms with van der Waals surface area (Å²) in [5.74, 6) is -7.54. The van der Waals surface area contributed by atoms with Gasteiger partial charge in [-0.15, -0.1) is 23.2 Å². The van der Waals surface area contributed by atoms with Gasteiger partial charge in [-0.25, -0.2) is 0 Å². The maximum Gasteiger partial charge on any atom is 0.306 e. The lowest BCUT2D eigenvalue weighted by Crippen LogP contribution is -2.52. The van der Waals surface area contributed by atoms with Gasteiger partial charge in [0.2, 0.25) is 29.5 Å². The summed E-state index contributed by atoms with van der Waals surface area (Å²) in [5, 5.41) is 29.2. The molecule has 0 aliphatic heterocycles. The van der Waals surface area contributed by atoms with Crippen LogP contribution in [0.25, 0.3) is 0 Å². The smallest absolute Gasteiger partial charge is 0.306 e. The number of nitrogens with zero attached hydrogens (tertiary/aromatic N) is 1. The van der Waals surface area contributed by atoms with Crippen LogP contribution in [0.3, 0.4) is 0 Å². The summed E-state index contributed by atoms with van der Waals surface area (Å²) >= 11 is 14.0. The number of rotatable bonds is 33. The van der Waals surface area contributed by atoms with Crippen molar-refractivity contribution in [1.82, 2.24) is 26.2 Å². The SMILES string of the molecule is O=C(O)CC[C@H](NC(=O)CC[C@H](CC(=O)COCCOCCNC(=O)CCCCC(=O)CBr)C(=O)O)C(=O)N(CCNC(=O)CCl)CCNC(=O)CCl. The average molecular weight is 864 g/mol. The summed E-state index contributed by atoms with van der Waals surface area (Å²) in [5.41, 5.74) is 0. The van der Waals surface area contributed by atoms with Crippen LogP contribution in [-0.4, -0.2) is 150 Å². The number of hydrogen-bond donors (Lipinski definition) is 6. The van der Waals surface area contributed by atoms with Crippen molar-refractivity contribution in [2.75, 3.05) is 76.2 Å². The van der Waals surface area contributed by atoms with E-state index in [1.54, 1.807) is 0 Å². The molecule has 2 atom stereocenters. The highest BCUT2D eigenvalue weighted by molar-refractivity contribution is 9.09. The summed E-state index contributed by atoms with van der Waals surface area (Å²) in [6, 6.07) is -1.34. The van der Waals surface area contributed by atoms with E-state index in [2.05, 4.69) is 37.2 Å². The average Bonchev–Trinajstić information content (AvgIpc) is 3.12. The molecule has 0 aromatic heterocycles. The standard InChI is InChI=1S/C32H50BrCl2N5O13/c33-18-23(41)3-1-2-4-26(43)38-11-14-52-15-16-53-21-24(42)17-22(32(50)51)5-7-27(44)39-25(6-8-30(47)48)31(49)40(12-9-36-28(45)19-34)13-10-37-29(46)20-35/h22,25H,1-21H2,(H,36,45)(H,37,46)(H,38,43)(H,39,44)(H,47,48)(H,50,51)/t22-,25+/m1/s1. The van der Waals surface area contributed by atoms with Crippen LogP contribution in [0.5, 0.6) is 0 Å². The summed E-state index contributed by atoms with van der Waals surface area (Å²) in [4.78, 5) is 109. The number of amides is 5. The quantitative estimate of drug-likeness (QED) is 0.0375. The number of ketones is 2. The van der Waals surface area contributed by atoms with Crippen LogP contribution >= 0.6 is 39.1 Å². The second-order valence-corrected chi connectivity index (χ2v) is 12.7. The third kappa shape index (κ3) is 26.9. The highest BCUT2D eigenvalue weighted by Crippen LogP contribution is 2.14. The molecular formula is C32H50BrCl2N5O13. The highest BCUT2D eigenvalue weighted by atomic mass is 79.9. The summed E-state index contributed by atoms with van der Waals surface area (Å²) in [6.45, 7) is 0.00784. The van der Waals surface area contributed by atoms with Crippen molar-refractivity contribution in [1.29, 1.82) is 0 Å². The molecule has 0 unspecified atom stereocenters. The molecule has 0 heterocycles. The first-order valence-electron chi connectivity index (χ1n) is 16.9. The lowest BCUT2D eigenvalue weighted by Gasteiger charge is -2.28. The lowest BCUT2D eigenvalue weighted by molar-refractivity contribution is -0.145. The van der Waals surface area contributed by atoms with Crippen LogP contribution in [0.15, 0.2) is 0 Å². The highest BCUT2D eigenvalue weighted by Gasteiger charge is 2.28. The Bertz CT molecular complexity index is 1190. The zero-order valence-corrected chi connectivity index (χ0v) is 32.6. The molecule has 0 bridgehead atoms. The van der Waals surface area contributed by atoms with Gasteiger partial charge in [0.05, 0.1) is 31.1 Å². The van der Waals surface area contributed by atoms with E-state index in [1.807, 2.05) is 0 Å². The second kappa shape index (κ2) is 31.0. The number of halogens is 3. The van der Waals surface area contributed by atoms with Gasteiger partial charge < -0.3 is 45.9 Å². The Balaban J connectivity index is 4.85. The van der Waals surface area contributed by atoms with Crippen LogP contribution in [0.4, 0.5) is 0 Å². The molecule has 0 fully saturated rings. The van der Waals surface area contributed by atoms with Gasteiger partial charge in [-0.3, -0.25) is 43.2 Å². The van der Waals surface area contributed by atoms with E-state index >= 15 is 0 Å². The normalized spacial score (nSPS) is 11.8. The van der Waals surface area contributed by atoms with Crippen molar-refractivity contribution >= 4 is 92.2 Å². The zero-order valence-electron chi connectivity index (χ0n) is 29.5. The Morgan fingerprint density at radius 2 is 1.25 bits per heavy atom. The van der Waals surface area contributed by atoms with Crippen LogP contribution in [0.1, 0.15) is 57.8 Å². The second-order valence-electron chi connectivity index (χ2n) is 11.6. The molecule has 21 heteroatoms. The maximum atomic E-state index is 13.4. The number of aliphatic carboxylic acids is 2. The number of carbonyl (C=O) groups excluding carboxylic acids is 7. The third-order valence-corrected chi connectivity index (χ3v) is 8.36. The number of alkyl halides is 3. The topological polar surface area (TPSA) is 264 Å². The van der Waals surface area contributed by atoms with Crippen LogP contribution in [0.2, 0.25) is 0 Å². The van der Waals surface area contributed by atoms with Crippen LogP contribution < -0.4 is 21.3 Å². The molecule has 18 nitrogen and oxygen atoms in total. The van der Waals surface area contributed by atoms with Crippen molar-refractivity contribution in [2.45, 2.75) is 63.8 Å². The first-order valence-corrected chi connectivity index (χ1v) is 19.1. The number of Topliss-reactive ketones (excluding diaryl/α,β-unsaturated/α-hetero) is 2. The fourth-order valence-corrected chi connectivity index (χ4v) is 4.95. The number of hydrogen-bond acceptors (Lipinski definition) is 11. The number of carboxylic acid groups (broad SMARTS) is 2. The fraction of sp³-hybridized carbons (Fsp3) is 0.719. The number of unbranched alkanes of at least 4 members (excludes halogenated alkanes) is 1. The number of nitrogens with one attached hydrogen (secondary N) is 4. The number of carbonyl (C=O) groups is 9. The summed E-state index contributed by atoms with van der Waals surface area (Å²) in [7, 11) is 0. The van der Waals surface area contributed by atoms with Crippen molar-refractivity contribution in [3.05, 3.63) is 0 Å². The van der Waals surface area contributed by atoms with Gasteiger partial charge in [-0.1, -0.05) is 15.9 Å². The van der Waals surface area contributed by atoms with E-state index in [9.17, 15) is 53.4 Å². The van der Waals surface area contributed by atoms with Gasteiger partial charge in [0.1, 0.15) is 30.2 Å². The van der Waals surface area contributed by atoms with Crippen molar-refractivity contribution < 1.29 is 62.8 Å². The van der Waals surface area contributed by atoms with E-state index in [4.69, 9.17) is 32.7 Å². The Morgan fingerprint density at radius 1 is 0.660 bits per heavy atom. The molecule has 0 spiro atoms. The maximum absolute atomic E-state index is 13.4. The molecule has 6 N–H and O–H groups in total. The monoisotopic (exact) mass is 861 g/mol. The fourth-order valence-electron chi connectivity index (χ4n) is 4.48. The largest absolute Gasteiger partial charge is 0.481 e. The number of carboxylic acids is 2. The molecule has 302 valence electrons. The predicted octanol–water partition coefficient (Wildman–Crippen LogP) is -0.0114. The van der Waals surface area contributed by atoms with Crippen molar-refractivity contribution in [3.63, 3.8) is 0 Å². The predicted molar refractivity (Wildman–Crippen MR) is 195 cm³/mol. The van der Waals surface area contributed by atoms with E-state index in [-0.39, 0.29) is 88.8 Å².